The van der Waals surface area contributed by atoms with Crippen molar-refractivity contribution in [1.29, 1.82) is 0 Å². The zero-order valence-corrected chi connectivity index (χ0v) is 12.9. The first kappa shape index (κ1) is 14.8. The van der Waals surface area contributed by atoms with E-state index in [2.05, 4.69) is 10.5 Å². The first-order valence-corrected chi connectivity index (χ1v) is 8.94. The highest BCUT2D eigenvalue weighted by molar-refractivity contribution is 7.90. The minimum absolute atomic E-state index is 0.000818. The first-order valence-electron chi connectivity index (χ1n) is 7.04. The molecule has 1 aliphatic carbocycles. The molecule has 0 saturated carbocycles. The van der Waals surface area contributed by atoms with Crippen LogP contribution in [0.2, 0.25) is 0 Å². The van der Waals surface area contributed by atoms with E-state index >= 15 is 0 Å². The van der Waals surface area contributed by atoms with Gasteiger partial charge in [-0.25, -0.2) is 8.42 Å². The number of hydrogen-bond acceptors (Lipinski definition) is 5. The molecule has 1 aliphatic rings. The van der Waals surface area contributed by atoms with Gasteiger partial charge >= 0.3 is 0 Å². The minimum Gasteiger partial charge on any atom is -0.338 e. The summed E-state index contributed by atoms with van der Waals surface area (Å²) in [7, 11) is -3.48. The highest BCUT2D eigenvalue weighted by Crippen LogP contribution is 2.28. The SMILES string of the molecule is CS(=O)(=O)c1ccccc1C(=O)Nc1onc2c1CCCC2. The van der Waals surface area contributed by atoms with Crippen molar-refractivity contribution in [2.24, 2.45) is 0 Å². The molecule has 0 saturated heterocycles. The van der Waals surface area contributed by atoms with Crippen LogP contribution in [0.15, 0.2) is 33.7 Å². The van der Waals surface area contributed by atoms with Crippen LogP contribution in [0.4, 0.5) is 5.88 Å². The number of amides is 1. The summed E-state index contributed by atoms with van der Waals surface area (Å²) < 4.78 is 28.8. The van der Waals surface area contributed by atoms with Gasteiger partial charge in [-0.1, -0.05) is 17.3 Å². The molecule has 116 valence electrons. The van der Waals surface area contributed by atoms with Gasteiger partial charge in [-0.05, 0) is 37.8 Å². The zero-order valence-electron chi connectivity index (χ0n) is 12.1. The summed E-state index contributed by atoms with van der Waals surface area (Å²) in [4.78, 5) is 12.4. The molecule has 0 unspecified atom stereocenters. The van der Waals surface area contributed by atoms with Gasteiger partial charge in [0.25, 0.3) is 5.91 Å². The predicted molar refractivity (Wildman–Crippen MR) is 80.7 cm³/mol. The van der Waals surface area contributed by atoms with Crippen LogP contribution < -0.4 is 5.32 Å². The van der Waals surface area contributed by atoms with Crippen LogP contribution in [0.3, 0.4) is 0 Å². The number of anilines is 1. The van der Waals surface area contributed by atoms with Crippen molar-refractivity contribution >= 4 is 21.6 Å². The number of sulfone groups is 1. The van der Waals surface area contributed by atoms with E-state index in [1.807, 2.05) is 0 Å². The Balaban J connectivity index is 1.92. The molecule has 6 nitrogen and oxygen atoms in total. The van der Waals surface area contributed by atoms with E-state index < -0.39 is 15.7 Å². The topological polar surface area (TPSA) is 89.3 Å². The Morgan fingerprint density at radius 2 is 1.95 bits per heavy atom. The van der Waals surface area contributed by atoms with Crippen molar-refractivity contribution in [3.05, 3.63) is 41.1 Å². The smallest absolute Gasteiger partial charge is 0.259 e. The molecule has 0 aliphatic heterocycles. The van der Waals surface area contributed by atoms with Crippen molar-refractivity contribution in [2.75, 3.05) is 11.6 Å². The van der Waals surface area contributed by atoms with Gasteiger partial charge in [0.05, 0.1) is 16.2 Å². The minimum atomic E-state index is -3.48. The molecule has 0 radical (unpaired) electrons. The number of hydrogen-bond donors (Lipinski definition) is 1. The van der Waals surface area contributed by atoms with Crippen LogP contribution in [-0.4, -0.2) is 25.7 Å². The molecular formula is C15H16N2O4S. The number of aryl methyl sites for hydroxylation is 1. The second-order valence-electron chi connectivity index (χ2n) is 5.37. The third-order valence-electron chi connectivity index (χ3n) is 3.72. The van der Waals surface area contributed by atoms with E-state index in [9.17, 15) is 13.2 Å². The Bertz CT molecular complexity index is 824. The summed E-state index contributed by atoms with van der Waals surface area (Å²) in [5, 5.41) is 6.61. The van der Waals surface area contributed by atoms with Crippen LogP contribution in [0, 0.1) is 0 Å². The molecule has 1 amide bonds. The molecule has 1 aromatic heterocycles. The van der Waals surface area contributed by atoms with E-state index in [1.165, 1.54) is 12.1 Å². The molecular weight excluding hydrogens is 304 g/mol. The van der Waals surface area contributed by atoms with Gasteiger partial charge in [0, 0.05) is 11.8 Å². The number of carbonyl (C=O) groups is 1. The number of carbonyl (C=O) groups excluding carboxylic acids is 1. The van der Waals surface area contributed by atoms with Crippen LogP contribution in [0.1, 0.15) is 34.5 Å². The third-order valence-corrected chi connectivity index (χ3v) is 4.87. The molecule has 7 heteroatoms. The number of nitrogens with one attached hydrogen (secondary N) is 1. The highest BCUT2D eigenvalue weighted by Gasteiger charge is 2.23. The number of rotatable bonds is 3. The van der Waals surface area contributed by atoms with Crippen molar-refractivity contribution in [2.45, 2.75) is 30.6 Å². The van der Waals surface area contributed by atoms with E-state index in [1.54, 1.807) is 12.1 Å². The van der Waals surface area contributed by atoms with E-state index in [0.717, 1.165) is 43.2 Å². The van der Waals surface area contributed by atoms with Crippen LogP contribution in [0.25, 0.3) is 0 Å². The Hall–Kier alpha value is -2.15. The van der Waals surface area contributed by atoms with Gasteiger partial charge in [-0.2, -0.15) is 0 Å². The number of aromatic nitrogens is 1. The summed E-state index contributed by atoms with van der Waals surface area (Å²) >= 11 is 0. The van der Waals surface area contributed by atoms with Crippen LogP contribution >= 0.6 is 0 Å². The quantitative estimate of drug-likeness (QED) is 0.936. The highest BCUT2D eigenvalue weighted by atomic mass is 32.2. The second-order valence-corrected chi connectivity index (χ2v) is 7.35. The van der Waals surface area contributed by atoms with Crippen molar-refractivity contribution in [3.8, 4) is 0 Å². The molecule has 0 bridgehead atoms. The fourth-order valence-corrected chi connectivity index (χ4v) is 3.52. The molecule has 22 heavy (non-hydrogen) atoms. The zero-order chi connectivity index (χ0) is 15.7. The van der Waals surface area contributed by atoms with Gasteiger partial charge in [-0.15, -0.1) is 0 Å². The maximum absolute atomic E-state index is 12.4. The standard InChI is InChI=1S/C15H16N2O4S/c1-22(19,20)13-9-5-3-7-11(13)14(18)16-15-10-6-2-4-8-12(10)17-21-15/h3,5,7,9H,2,4,6,8H2,1H3,(H,16,18). The lowest BCUT2D eigenvalue weighted by molar-refractivity contribution is 0.102. The lowest BCUT2D eigenvalue weighted by Gasteiger charge is -2.10. The molecule has 0 spiro atoms. The second kappa shape index (κ2) is 5.57. The molecule has 1 aromatic carbocycles. The Morgan fingerprint density at radius 3 is 2.73 bits per heavy atom. The summed E-state index contributed by atoms with van der Waals surface area (Å²) in [6.07, 6.45) is 4.81. The van der Waals surface area contributed by atoms with Gasteiger partial charge in [-0.3, -0.25) is 10.1 Å². The molecule has 3 rings (SSSR count). The summed E-state index contributed by atoms with van der Waals surface area (Å²) in [5.74, 6) is -0.187. The average Bonchev–Trinajstić information content (AvgIpc) is 2.90. The molecule has 0 fully saturated rings. The molecule has 2 aromatic rings. The number of fused-ring (bicyclic) bond motifs is 1. The van der Waals surface area contributed by atoms with Crippen molar-refractivity contribution in [1.82, 2.24) is 5.16 Å². The largest absolute Gasteiger partial charge is 0.338 e. The van der Waals surface area contributed by atoms with Crippen molar-refractivity contribution in [3.63, 3.8) is 0 Å². The molecule has 0 atom stereocenters. The summed E-state index contributed by atoms with van der Waals surface area (Å²) in [5.41, 5.74) is 1.89. The van der Waals surface area contributed by atoms with E-state index in [0.29, 0.717) is 5.88 Å². The summed E-state index contributed by atoms with van der Waals surface area (Å²) in [6.45, 7) is 0. The Morgan fingerprint density at radius 1 is 1.23 bits per heavy atom. The van der Waals surface area contributed by atoms with Crippen LogP contribution in [0.5, 0.6) is 0 Å². The average molecular weight is 320 g/mol. The van der Waals surface area contributed by atoms with Crippen LogP contribution in [-0.2, 0) is 22.7 Å². The maximum Gasteiger partial charge on any atom is 0.259 e. The fourth-order valence-electron chi connectivity index (χ4n) is 2.64. The maximum atomic E-state index is 12.4. The summed E-state index contributed by atoms with van der Waals surface area (Å²) in [6, 6.07) is 6.11. The van der Waals surface area contributed by atoms with Crippen molar-refractivity contribution < 1.29 is 17.7 Å². The fraction of sp³-hybridized carbons (Fsp3) is 0.333. The van der Waals surface area contributed by atoms with Gasteiger partial charge in [0.15, 0.2) is 9.84 Å². The van der Waals surface area contributed by atoms with E-state index in [4.69, 9.17) is 4.52 Å². The van der Waals surface area contributed by atoms with Gasteiger partial charge < -0.3 is 4.52 Å². The Kier molecular flexibility index (Phi) is 3.74. The molecule has 1 N–H and O–H groups in total. The predicted octanol–water partition coefficient (Wildman–Crippen LogP) is 2.21. The monoisotopic (exact) mass is 320 g/mol. The third kappa shape index (κ3) is 2.76. The lowest BCUT2D eigenvalue weighted by atomic mass is 9.97. The Labute approximate surface area is 128 Å². The first-order chi connectivity index (χ1) is 10.5. The van der Waals surface area contributed by atoms with E-state index in [-0.39, 0.29) is 10.5 Å². The van der Waals surface area contributed by atoms with Gasteiger partial charge in [0.1, 0.15) is 0 Å². The molecule has 1 heterocycles. The lowest BCUT2D eigenvalue weighted by Crippen LogP contribution is -2.17. The number of benzene rings is 1. The number of nitrogens with zero attached hydrogens (tertiary/aromatic N) is 1. The van der Waals surface area contributed by atoms with Gasteiger partial charge in [0.2, 0.25) is 5.88 Å². The normalized spacial score (nSPS) is 14.4.